The summed E-state index contributed by atoms with van der Waals surface area (Å²) >= 11 is 5.72. The first-order chi connectivity index (χ1) is 11.4. The molecule has 2 aromatic carbocycles. The molecule has 9 heteroatoms. The minimum Gasteiger partial charge on any atom is -0.484 e. The lowest BCUT2D eigenvalue weighted by molar-refractivity contribution is -0.384. The Kier molecular flexibility index (Phi) is 5.33. The highest BCUT2D eigenvalue weighted by Crippen LogP contribution is 2.21. The van der Waals surface area contributed by atoms with E-state index < -0.39 is 16.8 Å². The van der Waals surface area contributed by atoms with Crippen LogP contribution in [0.15, 0.2) is 42.5 Å². The summed E-state index contributed by atoms with van der Waals surface area (Å²) in [4.78, 5) is 33.0. The minimum atomic E-state index is -1.23. The summed E-state index contributed by atoms with van der Waals surface area (Å²) in [5.41, 5.74) is -0.158. The van der Waals surface area contributed by atoms with Crippen LogP contribution in [0.4, 0.5) is 11.4 Å². The van der Waals surface area contributed by atoms with Crippen LogP contribution in [0.2, 0.25) is 5.02 Å². The number of carbonyl (C=O) groups is 2. The standard InChI is InChI=1S/C15H11ClN2O6/c16-9-1-6-13(12(7-9)15(20)21)17-14(19)8-24-11-4-2-10(3-5-11)18(22)23/h1-7H,8H2,(H,17,19)(H,20,21). The zero-order chi connectivity index (χ0) is 17.7. The SMILES string of the molecule is O=C(COc1ccc([N+](=O)[O-])cc1)Nc1ccc(Cl)cc1C(=O)O. The fourth-order valence-electron chi connectivity index (χ4n) is 1.80. The molecule has 1 amide bonds. The number of nitrogens with one attached hydrogen (secondary N) is 1. The zero-order valence-corrected chi connectivity index (χ0v) is 12.8. The number of nitro groups is 1. The highest BCUT2D eigenvalue weighted by Gasteiger charge is 2.13. The molecule has 2 aromatic rings. The number of amides is 1. The summed E-state index contributed by atoms with van der Waals surface area (Å²) in [6, 6.07) is 9.24. The van der Waals surface area contributed by atoms with E-state index in [0.717, 1.165) is 0 Å². The van der Waals surface area contributed by atoms with Crippen molar-refractivity contribution >= 4 is 34.9 Å². The highest BCUT2D eigenvalue weighted by atomic mass is 35.5. The number of carboxylic acid groups (broad SMARTS) is 1. The van der Waals surface area contributed by atoms with Gasteiger partial charge in [-0.2, -0.15) is 0 Å². The molecule has 8 nitrogen and oxygen atoms in total. The van der Waals surface area contributed by atoms with E-state index in [1.165, 1.54) is 42.5 Å². The van der Waals surface area contributed by atoms with Crippen molar-refractivity contribution in [1.82, 2.24) is 0 Å². The van der Waals surface area contributed by atoms with Crippen molar-refractivity contribution in [2.75, 3.05) is 11.9 Å². The summed E-state index contributed by atoms with van der Waals surface area (Å²) < 4.78 is 5.19. The molecule has 0 unspecified atom stereocenters. The zero-order valence-electron chi connectivity index (χ0n) is 12.1. The number of anilines is 1. The number of halogens is 1. The lowest BCUT2D eigenvalue weighted by Crippen LogP contribution is -2.21. The number of nitrogens with zero attached hydrogens (tertiary/aromatic N) is 1. The largest absolute Gasteiger partial charge is 0.484 e. The summed E-state index contributed by atoms with van der Waals surface area (Å²) in [5, 5.41) is 22.3. The predicted octanol–water partition coefficient (Wildman–Crippen LogP) is 2.96. The molecule has 124 valence electrons. The summed E-state index contributed by atoms with van der Waals surface area (Å²) in [6.45, 7) is -0.389. The topological polar surface area (TPSA) is 119 Å². The molecule has 0 fully saturated rings. The molecule has 0 aliphatic carbocycles. The van der Waals surface area contributed by atoms with Crippen molar-refractivity contribution in [2.45, 2.75) is 0 Å². The van der Waals surface area contributed by atoms with Crippen molar-refractivity contribution in [2.24, 2.45) is 0 Å². The first-order valence-corrected chi connectivity index (χ1v) is 6.94. The molecule has 0 aromatic heterocycles. The van der Waals surface area contributed by atoms with E-state index in [1.807, 2.05) is 0 Å². The van der Waals surface area contributed by atoms with Gasteiger partial charge in [0.2, 0.25) is 0 Å². The average molecular weight is 351 g/mol. The second kappa shape index (κ2) is 7.42. The van der Waals surface area contributed by atoms with Gasteiger partial charge in [-0.15, -0.1) is 0 Å². The van der Waals surface area contributed by atoms with E-state index in [0.29, 0.717) is 0 Å². The number of benzene rings is 2. The Hall–Kier alpha value is -3.13. The lowest BCUT2D eigenvalue weighted by Gasteiger charge is -2.10. The molecule has 0 radical (unpaired) electrons. The van der Waals surface area contributed by atoms with Gasteiger partial charge in [0.05, 0.1) is 16.2 Å². The Morgan fingerprint density at radius 2 is 1.88 bits per heavy atom. The van der Waals surface area contributed by atoms with Gasteiger partial charge in [-0.1, -0.05) is 11.6 Å². The van der Waals surface area contributed by atoms with Gasteiger partial charge in [-0.05, 0) is 30.3 Å². The fraction of sp³-hybridized carbons (Fsp3) is 0.0667. The van der Waals surface area contributed by atoms with E-state index in [9.17, 15) is 19.7 Å². The van der Waals surface area contributed by atoms with Crippen LogP contribution in [0.25, 0.3) is 0 Å². The summed E-state index contributed by atoms with van der Waals surface area (Å²) in [5.74, 6) is -1.55. The number of nitro benzene ring substituents is 1. The Labute approximate surface area is 140 Å². The molecular weight excluding hydrogens is 340 g/mol. The number of carboxylic acids is 1. The molecule has 2 N–H and O–H groups in total. The first-order valence-electron chi connectivity index (χ1n) is 6.57. The van der Waals surface area contributed by atoms with Crippen LogP contribution in [0.3, 0.4) is 0 Å². The number of hydrogen-bond donors (Lipinski definition) is 2. The molecule has 0 aliphatic heterocycles. The molecular formula is C15H11ClN2O6. The van der Waals surface area contributed by atoms with Crippen LogP contribution in [0, 0.1) is 10.1 Å². The number of rotatable bonds is 6. The Morgan fingerprint density at radius 1 is 1.21 bits per heavy atom. The van der Waals surface area contributed by atoms with Gasteiger partial charge in [-0.25, -0.2) is 4.79 Å². The van der Waals surface area contributed by atoms with Crippen LogP contribution in [0.5, 0.6) is 5.75 Å². The van der Waals surface area contributed by atoms with Gasteiger partial charge in [0.25, 0.3) is 11.6 Å². The van der Waals surface area contributed by atoms with Crippen molar-refractivity contribution in [3.8, 4) is 5.75 Å². The maximum Gasteiger partial charge on any atom is 0.337 e. The Bertz CT molecular complexity index is 791. The predicted molar refractivity (Wildman–Crippen MR) is 85.6 cm³/mol. The highest BCUT2D eigenvalue weighted by molar-refractivity contribution is 6.31. The summed E-state index contributed by atoms with van der Waals surface area (Å²) in [6.07, 6.45) is 0. The Balaban J connectivity index is 1.99. The maximum atomic E-state index is 11.9. The van der Waals surface area contributed by atoms with Crippen LogP contribution in [-0.2, 0) is 4.79 Å². The van der Waals surface area contributed by atoms with Crippen molar-refractivity contribution in [3.05, 3.63) is 63.2 Å². The molecule has 0 bridgehead atoms. The van der Waals surface area contributed by atoms with E-state index in [4.69, 9.17) is 21.4 Å². The molecule has 0 saturated carbocycles. The normalized spacial score (nSPS) is 10.0. The number of non-ortho nitro benzene ring substituents is 1. The molecule has 0 heterocycles. The Morgan fingerprint density at radius 3 is 2.46 bits per heavy atom. The van der Waals surface area contributed by atoms with Crippen molar-refractivity contribution in [1.29, 1.82) is 0 Å². The molecule has 0 aliphatic rings. The number of ether oxygens (including phenoxy) is 1. The lowest BCUT2D eigenvalue weighted by atomic mass is 10.2. The van der Waals surface area contributed by atoms with Crippen LogP contribution in [-0.4, -0.2) is 28.5 Å². The third kappa shape index (κ3) is 4.43. The van der Waals surface area contributed by atoms with E-state index in [1.54, 1.807) is 0 Å². The van der Waals surface area contributed by atoms with Gasteiger partial charge < -0.3 is 15.2 Å². The van der Waals surface area contributed by atoms with E-state index >= 15 is 0 Å². The van der Waals surface area contributed by atoms with Gasteiger partial charge >= 0.3 is 5.97 Å². The van der Waals surface area contributed by atoms with Crippen molar-refractivity contribution in [3.63, 3.8) is 0 Å². The smallest absolute Gasteiger partial charge is 0.337 e. The first kappa shape index (κ1) is 17.2. The number of hydrogen-bond acceptors (Lipinski definition) is 5. The van der Waals surface area contributed by atoms with Crippen LogP contribution < -0.4 is 10.1 Å². The number of carbonyl (C=O) groups excluding carboxylic acids is 1. The average Bonchev–Trinajstić information content (AvgIpc) is 2.54. The third-order valence-corrected chi connectivity index (χ3v) is 3.14. The second-order valence-corrected chi connectivity index (χ2v) is 5.02. The third-order valence-electron chi connectivity index (χ3n) is 2.90. The molecule has 0 saturated heterocycles. The monoisotopic (exact) mass is 350 g/mol. The van der Waals surface area contributed by atoms with Gasteiger partial charge in [-0.3, -0.25) is 14.9 Å². The van der Waals surface area contributed by atoms with Gasteiger partial charge in [0.15, 0.2) is 6.61 Å². The fourth-order valence-corrected chi connectivity index (χ4v) is 1.97. The van der Waals surface area contributed by atoms with Gasteiger partial charge in [0.1, 0.15) is 5.75 Å². The van der Waals surface area contributed by atoms with Crippen LogP contribution >= 0.6 is 11.6 Å². The van der Waals surface area contributed by atoms with Crippen LogP contribution in [0.1, 0.15) is 10.4 Å². The number of aromatic carboxylic acids is 1. The van der Waals surface area contributed by atoms with E-state index in [2.05, 4.69) is 5.32 Å². The summed E-state index contributed by atoms with van der Waals surface area (Å²) in [7, 11) is 0. The molecule has 0 spiro atoms. The minimum absolute atomic E-state index is 0.0872. The van der Waals surface area contributed by atoms with Crippen molar-refractivity contribution < 1.29 is 24.4 Å². The molecule has 0 atom stereocenters. The molecule has 24 heavy (non-hydrogen) atoms. The molecule has 2 rings (SSSR count). The van der Waals surface area contributed by atoms with Gasteiger partial charge in [0, 0.05) is 17.2 Å². The maximum absolute atomic E-state index is 11.9. The van der Waals surface area contributed by atoms with E-state index in [-0.39, 0.29) is 34.3 Å². The quantitative estimate of drug-likeness (QED) is 0.610. The second-order valence-electron chi connectivity index (χ2n) is 4.58.